The van der Waals surface area contributed by atoms with Gasteiger partial charge in [-0.1, -0.05) is 13.3 Å². The maximum atomic E-state index is 11.1. The molecule has 2 unspecified atom stereocenters. The third-order valence-electron chi connectivity index (χ3n) is 3.77. The van der Waals surface area contributed by atoms with E-state index in [1.165, 1.54) is 0 Å². The van der Waals surface area contributed by atoms with E-state index in [0.717, 1.165) is 43.5 Å². The molecule has 5 heteroatoms. The average molecular weight is 276 g/mol. The molecule has 2 N–H and O–H groups in total. The van der Waals surface area contributed by atoms with Crippen LogP contribution in [-0.4, -0.2) is 23.7 Å². The molecule has 2 heterocycles. The van der Waals surface area contributed by atoms with Crippen molar-refractivity contribution in [3.05, 3.63) is 28.7 Å². The summed E-state index contributed by atoms with van der Waals surface area (Å²) in [6, 6.07) is 6.11. The van der Waals surface area contributed by atoms with E-state index in [0.29, 0.717) is 17.7 Å². The number of oxazole rings is 1. The lowest BCUT2D eigenvalue weighted by atomic mass is 10.00. The Bertz CT molecular complexity index is 629. The number of aromatic nitrogens is 1. The molecule has 1 fully saturated rings. The lowest BCUT2D eigenvalue weighted by molar-refractivity contribution is 0.00598. The molecule has 20 heavy (non-hydrogen) atoms. The molecular weight excluding hydrogens is 256 g/mol. The van der Waals surface area contributed by atoms with Gasteiger partial charge in [0.2, 0.25) is 0 Å². The third-order valence-corrected chi connectivity index (χ3v) is 3.77. The topological polar surface area (TPSA) is 67.3 Å². The smallest absolute Gasteiger partial charge is 0.408 e. The van der Waals surface area contributed by atoms with Gasteiger partial charge in [0, 0.05) is 18.3 Å². The minimum atomic E-state index is -0.411. The van der Waals surface area contributed by atoms with Crippen molar-refractivity contribution in [2.24, 2.45) is 0 Å². The predicted molar refractivity (Wildman–Crippen MR) is 78.1 cm³/mol. The van der Waals surface area contributed by atoms with Crippen LogP contribution in [0.2, 0.25) is 0 Å². The number of hydrogen-bond donors (Lipinski definition) is 2. The van der Waals surface area contributed by atoms with E-state index in [1.54, 1.807) is 0 Å². The first kappa shape index (κ1) is 13.2. The Morgan fingerprint density at radius 3 is 3.20 bits per heavy atom. The molecule has 1 aliphatic rings. The van der Waals surface area contributed by atoms with Crippen molar-refractivity contribution in [1.29, 1.82) is 0 Å². The summed E-state index contributed by atoms with van der Waals surface area (Å²) in [6.07, 6.45) is 4.68. The van der Waals surface area contributed by atoms with Crippen molar-refractivity contribution in [3.63, 3.8) is 0 Å². The molecule has 3 rings (SSSR count). The lowest BCUT2D eigenvalue weighted by Crippen LogP contribution is -2.33. The van der Waals surface area contributed by atoms with E-state index >= 15 is 0 Å². The average Bonchev–Trinajstić information content (AvgIpc) is 2.79. The molecule has 0 amide bonds. The number of rotatable bonds is 4. The van der Waals surface area contributed by atoms with Crippen LogP contribution in [0.15, 0.2) is 27.4 Å². The number of nitrogens with one attached hydrogen (secondary N) is 2. The molecule has 1 aromatic heterocycles. The van der Waals surface area contributed by atoms with Crippen molar-refractivity contribution in [1.82, 2.24) is 4.98 Å². The lowest BCUT2D eigenvalue weighted by Gasteiger charge is -2.30. The Morgan fingerprint density at radius 1 is 1.45 bits per heavy atom. The van der Waals surface area contributed by atoms with Gasteiger partial charge in [0.1, 0.15) is 0 Å². The van der Waals surface area contributed by atoms with Gasteiger partial charge in [-0.2, -0.15) is 0 Å². The summed E-state index contributed by atoms with van der Waals surface area (Å²) in [5.74, 6) is -0.411. The number of fused-ring (bicyclic) bond motifs is 1. The van der Waals surface area contributed by atoms with Gasteiger partial charge in [-0.3, -0.25) is 4.98 Å². The maximum absolute atomic E-state index is 11.1. The van der Waals surface area contributed by atoms with E-state index in [1.807, 2.05) is 18.2 Å². The number of ether oxygens (including phenoxy) is 1. The second-order valence-corrected chi connectivity index (χ2v) is 5.37. The molecule has 108 valence electrons. The minimum Gasteiger partial charge on any atom is -0.408 e. The largest absolute Gasteiger partial charge is 0.417 e. The summed E-state index contributed by atoms with van der Waals surface area (Å²) in [5.41, 5.74) is 2.34. The van der Waals surface area contributed by atoms with E-state index in [4.69, 9.17) is 9.15 Å². The summed E-state index contributed by atoms with van der Waals surface area (Å²) in [6.45, 7) is 3.00. The number of hydrogen-bond acceptors (Lipinski definition) is 4. The quantitative estimate of drug-likeness (QED) is 0.901. The fraction of sp³-hybridized carbons (Fsp3) is 0.533. The molecule has 5 nitrogen and oxygen atoms in total. The van der Waals surface area contributed by atoms with Crippen molar-refractivity contribution in [3.8, 4) is 0 Å². The monoisotopic (exact) mass is 276 g/mol. The number of aromatic amines is 1. The van der Waals surface area contributed by atoms with Gasteiger partial charge in [-0.05, 0) is 37.5 Å². The first-order valence-electron chi connectivity index (χ1n) is 7.25. The van der Waals surface area contributed by atoms with Gasteiger partial charge in [-0.25, -0.2) is 4.79 Å². The van der Waals surface area contributed by atoms with Gasteiger partial charge in [0.15, 0.2) is 5.58 Å². The summed E-state index contributed by atoms with van der Waals surface area (Å²) >= 11 is 0. The summed E-state index contributed by atoms with van der Waals surface area (Å²) in [4.78, 5) is 13.8. The normalized spacial score (nSPS) is 23.1. The summed E-state index contributed by atoms with van der Waals surface area (Å²) in [5, 5.41) is 3.53. The minimum absolute atomic E-state index is 0.365. The first-order chi connectivity index (χ1) is 9.74. The van der Waals surface area contributed by atoms with E-state index < -0.39 is 5.76 Å². The molecule has 2 atom stereocenters. The van der Waals surface area contributed by atoms with Crippen LogP contribution in [0, 0.1) is 0 Å². The fourth-order valence-corrected chi connectivity index (χ4v) is 2.81. The van der Waals surface area contributed by atoms with Crippen molar-refractivity contribution in [2.45, 2.75) is 44.8 Å². The highest BCUT2D eigenvalue weighted by Gasteiger charge is 2.21. The Morgan fingerprint density at radius 2 is 2.35 bits per heavy atom. The zero-order chi connectivity index (χ0) is 13.9. The van der Waals surface area contributed by atoms with Crippen LogP contribution >= 0.6 is 0 Å². The zero-order valence-electron chi connectivity index (χ0n) is 11.6. The first-order valence-corrected chi connectivity index (χ1v) is 7.25. The van der Waals surface area contributed by atoms with E-state index in [2.05, 4.69) is 17.2 Å². The van der Waals surface area contributed by atoms with Crippen LogP contribution in [0.5, 0.6) is 0 Å². The Hall–Kier alpha value is -1.75. The molecule has 1 aromatic carbocycles. The van der Waals surface area contributed by atoms with Crippen LogP contribution in [0.25, 0.3) is 11.1 Å². The van der Waals surface area contributed by atoms with Gasteiger partial charge in [0.25, 0.3) is 0 Å². The molecule has 2 aromatic rings. The zero-order valence-corrected chi connectivity index (χ0v) is 11.6. The molecule has 0 spiro atoms. The van der Waals surface area contributed by atoms with Gasteiger partial charge < -0.3 is 14.5 Å². The van der Waals surface area contributed by atoms with E-state index in [-0.39, 0.29) is 0 Å². The second kappa shape index (κ2) is 5.71. The molecule has 0 radical (unpaired) electrons. The molecule has 0 saturated carbocycles. The number of benzene rings is 1. The van der Waals surface area contributed by atoms with Gasteiger partial charge in [-0.15, -0.1) is 0 Å². The SMILES string of the molecule is CCCC1CC(Nc2ccc3oc(=O)[nH]c3c2)CCO1. The van der Waals surface area contributed by atoms with Crippen LogP contribution in [-0.2, 0) is 4.74 Å². The van der Waals surface area contributed by atoms with Gasteiger partial charge >= 0.3 is 5.76 Å². The number of anilines is 1. The third kappa shape index (κ3) is 2.88. The standard InChI is InChI=1S/C15H20N2O3/c1-2-3-12-8-11(6-7-19-12)16-10-4-5-14-13(9-10)17-15(18)20-14/h4-5,9,11-12,16H,2-3,6-8H2,1H3,(H,17,18). The van der Waals surface area contributed by atoms with Crippen LogP contribution < -0.4 is 11.1 Å². The van der Waals surface area contributed by atoms with Crippen molar-refractivity contribution < 1.29 is 9.15 Å². The Balaban J connectivity index is 1.70. The Kier molecular flexibility index (Phi) is 3.78. The molecule has 0 aliphatic carbocycles. The highest BCUT2D eigenvalue weighted by molar-refractivity contribution is 5.76. The van der Waals surface area contributed by atoms with Crippen molar-refractivity contribution >= 4 is 16.8 Å². The molecule has 1 aliphatic heterocycles. The van der Waals surface area contributed by atoms with Crippen LogP contribution in [0.4, 0.5) is 5.69 Å². The van der Waals surface area contributed by atoms with Gasteiger partial charge in [0.05, 0.1) is 11.6 Å². The molecular formula is C15H20N2O3. The Labute approximate surface area is 117 Å². The number of H-pyrrole nitrogens is 1. The highest BCUT2D eigenvalue weighted by atomic mass is 16.5. The van der Waals surface area contributed by atoms with Crippen LogP contribution in [0.1, 0.15) is 32.6 Å². The molecule has 0 bridgehead atoms. The van der Waals surface area contributed by atoms with Crippen LogP contribution in [0.3, 0.4) is 0 Å². The van der Waals surface area contributed by atoms with E-state index in [9.17, 15) is 4.79 Å². The fourth-order valence-electron chi connectivity index (χ4n) is 2.81. The second-order valence-electron chi connectivity index (χ2n) is 5.37. The highest BCUT2D eigenvalue weighted by Crippen LogP contribution is 2.23. The maximum Gasteiger partial charge on any atom is 0.417 e. The predicted octanol–water partition coefficient (Wildman–Crippen LogP) is 2.88. The summed E-state index contributed by atoms with van der Waals surface area (Å²) in [7, 11) is 0. The van der Waals surface area contributed by atoms with Crippen molar-refractivity contribution in [2.75, 3.05) is 11.9 Å². The summed E-state index contributed by atoms with van der Waals surface area (Å²) < 4.78 is 10.8. The molecule has 1 saturated heterocycles.